The Bertz CT molecular complexity index is 537. The summed E-state index contributed by atoms with van der Waals surface area (Å²) in [6.45, 7) is 0.398. The molecule has 0 bridgehead atoms. The number of thioether (sulfide) groups is 1. The number of carbonyl (C=O) groups excluding carboxylic acids is 1. The molecule has 114 valence electrons. The maximum absolute atomic E-state index is 11.9. The largest absolute Gasteiger partial charge is 0.329 e. The lowest BCUT2D eigenvalue weighted by Crippen LogP contribution is -2.29. The molecule has 1 amide bonds. The summed E-state index contributed by atoms with van der Waals surface area (Å²) in [6, 6.07) is 6.09. The summed E-state index contributed by atoms with van der Waals surface area (Å²) < 4.78 is 26.1. The van der Waals surface area contributed by atoms with Gasteiger partial charge in [-0.3, -0.25) is 4.79 Å². The molecule has 9 heteroatoms. The van der Waals surface area contributed by atoms with Gasteiger partial charge in [-0.2, -0.15) is 11.8 Å². The summed E-state index contributed by atoms with van der Waals surface area (Å²) in [4.78, 5) is 11.5. The first-order chi connectivity index (χ1) is 8.99. The zero-order valence-corrected chi connectivity index (χ0v) is 13.4. The molecule has 0 atom stereocenters. The number of amides is 1. The normalized spacial score (nSPS) is 10.7. The summed E-state index contributed by atoms with van der Waals surface area (Å²) in [6.07, 6.45) is 1.82. The molecule has 1 rings (SSSR count). The van der Waals surface area contributed by atoms with Crippen LogP contribution in [0.1, 0.15) is 0 Å². The zero-order chi connectivity index (χ0) is 14.3. The molecule has 0 saturated carbocycles. The summed E-state index contributed by atoms with van der Waals surface area (Å²) in [7, 11) is -3.58. The Kier molecular flexibility index (Phi) is 8.83. The average molecular weight is 340 g/mol. The molecule has 0 unspecified atom stereocenters. The number of carbonyl (C=O) groups is 1. The van der Waals surface area contributed by atoms with Gasteiger partial charge in [0.2, 0.25) is 15.9 Å². The second-order valence-electron chi connectivity index (χ2n) is 3.70. The van der Waals surface area contributed by atoms with E-state index < -0.39 is 10.0 Å². The predicted molar refractivity (Wildman–Crippen MR) is 84.9 cm³/mol. The molecule has 0 radical (unpaired) electrons. The number of rotatable bonds is 7. The third-order valence-corrected chi connectivity index (χ3v) is 4.15. The number of nitrogens with one attached hydrogen (secondary N) is 2. The number of hydrogen-bond acceptors (Lipinski definition) is 5. The fraction of sp³-hybridized carbons (Fsp3) is 0.364. The van der Waals surface area contributed by atoms with Gasteiger partial charge >= 0.3 is 0 Å². The first-order valence-corrected chi connectivity index (χ1v) is 8.46. The fourth-order valence-electron chi connectivity index (χ4n) is 1.35. The van der Waals surface area contributed by atoms with E-state index in [1.807, 2.05) is 6.26 Å². The minimum Gasteiger partial charge on any atom is -0.329 e. The fourth-order valence-corrected chi connectivity index (χ4v) is 2.77. The van der Waals surface area contributed by atoms with Crippen LogP contribution in [-0.2, 0) is 14.8 Å². The monoisotopic (exact) mass is 339 g/mol. The van der Waals surface area contributed by atoms with E-state index in [4.69, 9.17) is 5.73 Å². The van der Waals surface area contributed by atoms with E-state index in [-0.39, 0.29) is 36.3 Å². The van der Waals surface area contributed by atoms with E-state index in [1.54, 1.807) is 12.1 Å². The molecule has 1 aromatic rings. The third kappa shape index (κ3) is 6.10. The standard InChI is InChI=1S/C11H17N3O3S2.ClH/c1-18-8-11(15)14-9-3-2-4-10(7-9)19(16,17)13-6-5-12;/h2-4,7,13H,5-6,8,12H2,1H3,(H,14,15);1H. The molecule has 6 nitrogen and oxygen atoms in total. The van der Waals surface area contributed by atoms with Crippen molar-refractivity contribution in [2.24, 2.45) is 5.73 Å². The maximum atomic E-state index is 11.9. The summed E-state index contributed by atoms with van der Waals surface area (Å²) >= 11 is 1.39. The molecular weight excluding hydrogens is 322 g/mol. The van der Waals surface area contributed by atoms with E-state index in [2.05, 4.69) is 10.0 Å². The smallest absolute Gasteiger partial charge is 0.240 e. The number of anilines is 1. The van der Waals surface area contributed by atoms with Crippen molar-refractivity contribution in [2.45, 2.75) is 4.90 Å². The number of hydrogen-bond donors (Lipinski definition) is 3. The Hall–Kier alpha value is -0.800. The molecular formula is C11H18ClN3O3S2. The summed E-state index contributed by atoms with van der Waals surface area (Å²) in [5.74, 6) is 0.152. The highest BCUT2D eigenvalue weighted by atomic mass is 35.5. The summed E-state index contributed by atoms with van der Waals surface area (Å²) in [5.41, 5.74) is 5.71. The van der Waals surface area contributed by atoms with Gasteiger partial charge in [-0.1, -0.05) is 6.07 Å². The van der Waals surface area contributed by atoms with Crippen molar-refractivity contribution < 1.29 is 13.2 Å². The lowest BCUT2D eigenvalue weighted by Gasteiger charge is -2.08. The number of nitrogens with two attached hydrogens (primary N) is 1. The molecule has 0 aromatic heterocycles. The van der Waals surface area contributed by atoms with Gasteiger partial charge in [0.25, 0.3) is 0 Å². The van der Waals surface area contributed by atoms with Crippen molar-refractivity contribution in [3.8, 4) is 0 Å². The minimum atomic E-state index is -3.58. The van der Waals surface area contributed by atoms with Crippen molar-refractivity contribution in [1.29, 1.82) is 0 Å². The first-order valence-electron chi connectivity index (χ1n) is 5.58. The number of benzene rings is 1. The van der Waals surface area contributed by atoms with E-state index in [1.165, 1.54) is 23.9 Å². The number of halogens is 1. The van der Waals surface area contributed by atoms with Crippen LogP contribution in [-0.4, -0.2) is 39.4 Å². The van der Waals surface area contributed by atoms with Gasteiger partial charge in [-0.15, -0.1) is 12.4 Å². The quantitative estimate of drug-likeness (QED) is 0.677. The highest BCUT2D eigenvalue weighted by molar-refractivity contribution is 7.99. The van der Waals surface area contributed by atoms with Crippen LogP contribution >= 0.6 is 24.2 Å². The van der Waals surface area contributed by atoms with Gasteiger partial charge in [-0.25, -0.2) is 13.1 Å². The van der Waals surface area contributed by atoms with Gasteiger partial charge in [0.1, 0.15) is 0 Å². The van der Waals surface area contributed by atoms with Crippen molar-refractivity contribution >= 4 is 45.8 Å². The highest BCUT2D eigenvalue weighted by Crippen LogP contribution is 2.15. The molecule has 0 saturated heterocycles. The molecule has 0 spiro atoms. The Labute approximate surface area is 129 Å². The van der Waals surface area contributed by atoms with Gasteiger partial charge < -0.3 is 11.1 Å². The van der Waals surface area contributed by atoms with Gasteiger partial charge in [0, 0.05) is 18.8 Å². The van der Waals surface area contributed by atoms with E-state index in [9.17, 15) is 13.2 Å². The zero-order valence-electron chi connectivity index (χ0n) is 11.0. The molecule has 0 aliphatic heterocycles. The SMILES string of the molecule is CSCC(=O)Nc1cccc(S(=O)(=O)NCCN)c1.Cl. The molecule has 0 aliphatic carbocycles. The number of sulfonamides is 1. The van der Waals surface area contributed by atoms with Crippen LogP contribution in [0.25, 0.3) is 0 Å². The second kappa shape index (κ2) is 9.19. The molecule has 0 heterocycles. The molecule has 20 heavy (non-hydrogen) atoms. The predicted octanol–water partition coefficient (Wildman–Crippen LogP) is 0.647. The lowest BCUT2D eigenvalue weighted by atomic mass is 10.3. The van der Waals surface area contributed by atoms with E-state index in [0.29, 0.717) is 11.4 Å². The van der Waals surface area contributed by atoms with Crippen LogP contribution in [0.2, 0.25) is 0 Å². The second-order valence-corrected chi connectivity index (χ2v) is 6.33. The Morgan fingerprint density at radius 3 is 2.70 bits per heavy atom. The van der Waals surface area contributed by atoms with E-state index in [0.717, 1.165) is 0 Å². The maximum Gasteiger partial charge on any atom is 0.240 e. The first kappa shape index (κ1) is 19.2. The van der Waals surface area contributed by atoms with Crippen LogP contribution in [0, 0.1) is 0 Å². The summed E-state index contributed by atoms with van der Waals surface area (Å²) in [5, 5.41) is 2.63. The Balaban J connectivity index is 0.00000361. The molecule has 1 aromatic carbocycles. The third-order valence-electron chi connectivity index (χ3n) is 2.14. The molecule has 0 aliphatic rings. The topological polar surface area (TPSA) is 101 Å². The van der Waals surface area contributed by atoms with E-state index >= 15 is 0 Å². The molecule has 4 N–H and O–H groups in total. The van der Waals surface area contributed by atoms with Crippen LogP contribution < -0.4 is 15.8 Å². The van der Waals surface area contributed by atoms with Gasteiger partial charge in [0.05, 0.1) is 10.6 Å². The Morgan fingerprint density at radius 1 is 1.40 bits per heavy atom. The van der Waals surface area contributed by atoms with Crippen LogP contribution in [0.5, 0.6) is 0 Å². The van der Waals surface area contributed by atoms with Crippen molar-refractivity contribution in [3.05, 3.63) is 24.3 Å². The van der Waals surface area contributed by atoms with Crippen LogP contribution in [0.3, 0.4) is 0 Å². The van der Waals surface area contributed by atoms with Crippen molar-refractivity contribution in [3.63, 3.8) is 0 Å². The van der Waals surface area contributed by atoms with Crippen molar-refractivity contribution in [1.82, 2.24) is 4.72 Å². The molecule has 0 fully saturated rings. The van der Waals surface area contributed by atoms with Crippen molar-refractivity contribution in [2.75, 3.05) is 30.4 Å². The average Bonchev–Trinajstić information content (AvgIpc) is 2.37. The lowest BCUT2D eigenvalue weighted by molar-refractivity contribution is -0.113. The van der Waals surface area contributed by atoms with Gasteiger partial charge in [0.15, 0.2) is 0 Å². The Morgan fingerprint density at radius 2 is 2.10 bits per heavy atom. The van der Waals surface area contributed by atoms with Crippen LogP contribution in [0.4, 0.5) is 5.69 Å². The van der Waals surface area contributed by atoms with Gasteiger partial charge in [-0.05, 0) is 24.5 Å². The highest BCUT2D eigenvalue weighted by Gasteiger charge is 2.13. The van der Waals surface area contributed by atoms with Crippen LogP contribution in [0.15, 0.2) is 29.2 Å². The minimum absolute atomic E-state index is 0.